The van der Waals surface area contributed by atoms with Crippen LogP contribution in [-0.4, -0.2) is 0 Å². The Labute approximate surface area is 270 Å². The van der Waals surface area contributed by atoms with Crippen LogP contribution in [0, 0.1) is 0 Å². The van der Waals surface area contributed by atoms with Gasteiger partial charge in [-0.1, -0.05) is 127 Å². The molecule has 0 aliphatic rings. The summed E-state index contributed by atoms with van der Waals surface area (Å²) in [7, 11) is 0. The molecule has 3 heteroatoms. The van der Waals surface area contributed by atoms with Crippen LogP contribution in [0.15, 0.2) is 173 Å². The summed E-state index contributed by atoms with van der Waals surface area (Å²) in [5, 5.41) is 9.10. The van der Waals surface area contributed by atoms with Crippen molar-refractivity contribution in [2.75, 3.05) is 4.90 Å². The highest BCUT2D eigenvalue weighted by Gasteiger charge is 2.25. The predicted molar refractivity (Wildman–Crippen MR) is 196 cm³/mol. The molecule has 0 unspecified atom stereocenters. The number of fused-ring (bicyclic) bond motifs is 9. The molecule has 0 aliphatic carbocycles. The van der Waals surface area contributed by atoms with Crippen molar-refractivity contribution in [3.8, 4) is 11.1 Å². The van der Waals surface area contributed by atoms with E-state index in [9.17, 15) is 0 Å². The van der Waals surface area contributed by atoms with Crippen LogP contribution in [0.1, 0.15) is 0 Å². The zero-order chi connectivity index (χ0) is 30.9. The zero-order valence-electron chi connectivity index (χ0n) is 25.4. The summed E-state index contributed by atoms with van der Waals surface area (Å²) in [6.45, 7) is 0. The molecule has 0 spiro atoms. The molecule has 2 heterocycles. The number of nitrogens with zero attached hydrogens (tertiary/aromatic N) is 1. The first-order valence-corrected chi connectivity index (χ1v) is 15.9. The summed E-state index contributed by atoms with van der Waals surface area (Å²) < 4.78 is 13.5. The van der Waals surface area contributed by atoms with E-state index >= 15 is 0 Å². The van der Waals surface area contributed by atoms with Gasteiger partial charge < -0.3 is 13.7 Å². The molecule has 0 radical (unpaired) electrons. The zero-order valence-corrected chi connectivity index (χ0v) is 25.4. The first kappa shape index (κ1) is 26.0. The minimum Gasteiger partial charge on any atom is -0.454 e. The summed E-state index contributed by atoms with van der Waals surface area (Å²) in [5.41, 5.74) is 8.66. The Morgan fingerprint density at radius 2 is 0.894 bits per heavy atom. The van der Waals surface area contributed by atoms with E-state index in [2.05, 4.69) is 150 Å². The number of para-hydroxylation sites is 3. The van der Waals surface area contributed by atoms with Crippen molar-refractivity contribution in [1.82, 2.24) is 0 Å². The lowest BCUT2D eigenvalue weighted by Crippen LogP contribution is -2.11. The van der Waals surface area contributed by atoms with Crippen molar-refractivity contribution in [2.45, 2.75) is 0 Å². The van der Waals surface area contributed by atoms with Crippen LogP contribution in [0.2, 0.25) is 0 Å². The molecule has 8 aromatic carbocycles. The van der Waals surface area contributed by atoms with E-state index in [1.54, 1.807) is 0 Å². The third-order valence-corrected chi connectivity index (χ3v) is 9.44. The molecule has 0 bridgehead atoms. The van der Waals surface area contributed by atoms with Crippen LogP contribution in [0.3, 0.4) is 0 Å². The van der Waals surface area contributed by atoms with Gasteiger partial charge in [-0.05, 0) is 63.7 Å². The van der Waals surface area contributed by atoms with E-state index in [4.69, 9.17) is 8.83 Å². The van der Waals surface area contributed by atoms with E-state index in [1.165, 1.54) is 16.2 Å². The maximum absolute atomic E-state index is 6.87. The molecule has 10 rings (SSSR count). The van der Waals surface area contributed by atoms with E-state index < -0.39 is 0 Å². The second kappa shape index (κ2) is 10.1. The van der Waals surface area contributed by atoms with Gasteiger partial charge in [-0.25, -0.2) is 0 Å². The van der Waals surface area contributed by atoms with Crippen molar-refractivity contribution in [3.05, 3.63) is 164 Å². The molecule has 0 aliphatic heterocycles. The standard InChI is InChI=1S/C44H27NO2/c1-2-12-28(13-3-1)29-24-25-35-37-20-11-22-39(44(37)47-42(35)27-29)45(38-21-10-19-36-34-18-8-9-23-41(34)46-43(36)38)40-26-30-14-4-5-15-31(30)32-16-6-7-17-33(32)40/h1-27H. The maximum atomic E-state index is 6.87. The molecule has 2 aromatic heterocycles. The van der Waals surface area contributed by atoms with Gasteiger partial charge in [0, 0.05) is 26.9 Å². The molecule has 220 valence electrons. The summed E-state index contributed by atoms with van der Waals surface area (Å²) >= 11 is 0. The van der Waals surface area contributed by atoms with Crippen LogP contribution in [0.4, 0.5) is 17.1 Å². The van der Waals surface area contributed by atoms with Gasteiger partial charge in [0.1, 0.15) is 11.2 Å². The monoisotopic (exact) mass is 601 g/mol. The average Bonchev–Trinajstić information content (AvgIpc) is 3.71. The largest absolute Gasteiger partial charge is 0.454 e. The molecule has 47 heavy (non-hydrogen) atoms. The fourth-order valence-corrected chi connectivity index (χ4v) is 7.29. The molecule has 3 nitrogen and oxygen atoms in total. The minimum atomic E-state index is 0.832. The van der Waals surface area contributed by atoms with Crippen molar-refractivity contribution >= 4 is 82.5 Å². The second-order valence-electron chi connectivity index (χ2n) is 12.1. The smallest absolute Gasteiger partial charge is 0.159 e. The number of anilines is 3. The van der Waals surface area contributed by atoms with E-state index in [0.29, 0.717) is 0 Å². The molecule has 0 amide bonds. The molecule has 10 aromatic rings. The van der Waals surface area contributed by atoms with Crippen LogP contribution in [0.25, 0.3) is 76.5 Å². The third-order valence-electron chi connectivity index (χ3n) is 9.44. The van der Waals surface area contributed by atoms with Crippen molar-refractivity contribution in [1.29, 1.82) is 0 Å². The van der Waals surface area contributed by atoms with E-state index in [0.717, 1.165) is 77.5 Å². The molecule has 0 fully saturated rings. The van der Waals surface area contributed by atoms with Crippen molar-refractivity contribution < 1.29 is 8.83 Å². The Morgan fingerprint density at radius 3 is 1.66 bits per heavy atom. The molecular formula is C44H27NO2. The van der Waals surface area contributed by atoms with Gasteiger partial charge >= 0.3 is 0 Å². The van der Waals surface area contributed by atoms with Crippen molar-refractivity contribution in [3.63, 3.8) is 0 Å². The lowest BCUT2D eigenvalue weighted by atomic mass is 9.98. The third kappa shape index (κ3) is 3.93. The predicted octanol–water partition coefficient (Wildman–Crippen LogP) is 12.9. The summed E-state index contributed by atoms with van der Waals surface area (Å²) in [4.78, 5) is 2.34. The first-order chi connectivity index (χ1) is 23.3. The Morgan fingerprint density at radius 1 is 0.319 bits per heavy atom. The Bertz CT molecular complexity index is 2810. The molecule has 0 N–H and O–H groups in total. The highest BCUT2D eigenvalue weighted by molar-refractivity contribution is 6.19. The van der Waals surface area contributed by atoms with Gasteiger partial charge in [-0.2, -0.15) is 0 Å². The Balaban J connectivity index is 1.31. The number of rotatable bonds is 4. The number of benzene rings is 8. The first-order valence-electron chi connectivity index (χ1n) is 15.9. The lowest BCUT2D eigenvalue weighted by molar-refractivity contribution is 0.666. The summed E-state index contributed by atoms with van der Waals surface area (Å²) in [5.74, 6) is 0. The summed E-state index contributed by atoms with van der Waals surface area (Å²) in [6.07, 6.45) is 0. The van der Waals surface area contributed by atoms with Crippen LogP contribution in [-0.2, 0) is 0 Å². The molecular weight excluding hydrogens is 574 g/mol. The van der Waals surface area contributed by atoms with Gasteiger partial charge in [-0.3, -0.25) is 0 Å². The average molecular weight is 602 g/mol. The maximum Gasteiger partial charge on any atom is 0.159 e. The molecule has 0 atom stereocenters. The Kier molecular flexibility index (Phi) is 5.57. The second-order valence-corrected chi connectivity index (χ2v) is 12.1. The fourth-order valence-electron chi connectivity index (χ4n) is 7.29. The van der Waals surface area contributed by atoms with Crippen LogP contribution >= 0.6 is 0 Å². The minimum absolute atomic E-state index is 0.832. The van der Waals surface area contributed by atoms with Crippen molar-refractivity contribution in [2.24, 2.45) is 0 Å². The quantitative estimate of drug-likeness (QED) is 0.188. The summed E-state index contributed by atoms with van der Waals surface area (Å²) in [6, 6.07) is 57.7. The molecule has 0 saturated carbocycles. The number of furan rings is 2. The van der Waals surface area contributed by atoms with Gasteiger partial charge in [0.2, 0.25) is 0 Å². The van der Waals surface area contributed by atoms with Crippen LogP contribution < -0.4 is 4.90 Å². The van der Waals surface area contributed by atoms with Gasteiger partial charge in [-0.15, -0.1) is 0 Å². The normalized spacial score (nSPS) is 11.8. The van der Waals surface area contributed by atoms with Gasteiger partial charge in [0.15, 0.2) is 11.2 Å². The fraction of sp³-hybridized carbons (Fsp3) is 0. The van der Waals surface area contributed by atoms with E-state index in [1.807, 2.05) is 18.2 Å². The molecule has 0 saturated heterocycles. The Hall–Kier alpha value is -6.32. The van der Waals surface area contributed by atoms with Gasteiger partial charge in [0.25, 0.3) is 0 Å². The number of hydrogen-bond acceptors (Lipinski definition) is 3. The topological polar surface area (TPSA) is 29.5 Å². The van der Waals surface area contributed by atoms with Crippen LogP contribution in [0.5, 0.6) is 0 Å². The van der Waals surface area contributed by atoms with E-state index in [-0.39, 0.29) is 0 Å². The number of hydrogen-bond donors (Lipinski definition) is 0. The highest BCUT2D eigenvalue weighted by atomic mass is 16.3. The highest BCUT2D eigenvalue weighted by Crippen LogP contribution is 2.48. The lowest BCUT2D eigenvalue weighted by Gasteiger charge is -2.27. The SMILES string of the molecule is c1ccc(-c2ccc3c(c2)oc2c(N(c4cc5ccccc5c5ccccc45)c4cccc5c4oc4ccccc45)cccc23)cc1. The van der Waals surface area contributed by atoms with Gasteiger partial charge in [0.05, 0.1) is 17.1 Å².